The molecule has 0 aliphatic rings. The molecule has 0 aliphatic heterocycles. The SMILES string of the molecule is CCCC(CCO)CNC(=O)C(N)C(=O)OCC. The second-order valence-corrected chi connectivity index (χ2v) is 4.14. The lowest BCUT2D eigenvalue weighted by atomic mass is 10.0. The molecule has 0 aromatic rings. The van der Waals surface area contributed by atoms with Crippen LogP contribution in [0.3, 0.4) is 0 Å². The number of ether oxygens (including phenoxy) is 1. The number of aliphatic hydroxyl groups excluding tert-OH is 1. The van der Waals surface area contributed by atoms with Crippen LogP contribution in [0.1, 0.15) is 33.1 Å². The van der Waals surface area contributed by atoms with Gasteiger partial charge in [-0.2, -0.15) is 0 Å². The van der Waals surface area contributed by atoms with Gasteiger partial charge in [-0.25, -0.2) is 4.79 Å². The molecule has 0 rings (SSSR count). The molecule has 2 atom stereocenters. The van der Waals surface area contributed by atoms with Gasteiger partial charge in [0.2, 0.25) is 5.91 Å². The summed E-state index contributed by atoms with van der Waals surface area (Å²) in [5.41, 5.74) is 5.44. The smallest absolute Gasteiger partial charge is 0.332 e. The second kappa shape index (κ2) is 9.85. The molecule has 106 valence electrons. The Kier molecular flexibility index (Phi) is 9.22. The molecule has 0 saturated heterocycles. The zero-order valence-electron chi connectivity index (χ0n) is 11.1. The molecule has 6 heteroatoms. The van der Waals surface area contributed by atoms with Crippen LogP contribution in [-0.4, -0.2) is 42.8 Å². The first-order valence-electron chi connectivity index (χ1n) is 6.37. The molecule has 0 heterocycles. The van der Waals surface area contributed by atoms with Crippen molar-refractivity contribution in [2.24, 2.45) is 11.7 Å². The lowest BCUT2D eigenvalue weighted by Gasteiger charge is -2.17. The van der Waals surface area contributed by atoms with Gasteiger partial charge >= 0.3 is 5.97 Å². The molecular weight excluding hydrogens is 236 g/mol. The van der Waals surface area contributed by atoms with Crippen LogP contribution < -0.4 is 11.1 Å². The van der Waals surface area contributed by atoms with Crippen LogP contribution in [0.15, 0.2) is 0 Å². The molecule has 0 radical (unpaired) electrons. The molecule has 0 fully saturated rings. The van der Waals surface area contributed by atoms with Crippen molar-refractivity contribution in [2.75, 3.05) is 19.8 Å². The van der Waals surface area contributed by atoms with Gasteiger partial charge in [0, 0.05) is 13.2 Å². The fourth-order valence-corrected chi connectivity index (χ4v) is 1.63. The fraction of sp³-hybridized carbons (Fsp3) is 0.833. The summed E-state index contributed by atoms with van der Waals surface area (Å²) < 4.78 is 4.66. The molecule has 0 aromatic carbocycles. The zero-order valence-corrected chi connectivity index (χ0v) is 11.1. The molecule has 6 nitrogen and oxygen atoms in total. The summed E-state index contributed by atoms with van der Waals surface area (Å²) >= 11 is 0. The molecular formula is C12H24N2O4. The Bertz CT molecular complexity index is 252. The van der Waals surface area contributed by atoms with Gasteiger partial charge in [0.05, 0.1) is 6.61 Å². The number of nitrogens with one attached hydrogen (secondary N) is 1. The van der Waals surface area contributed by atoms with Crippen LogP contribution in [0.25, 0.3) is 0 Å². The largest absolute Gasteiger partial charge is 0.464 e. The maximum atomic E-state index is 11.6. The van der Waals surface area contributed by atoms with Crippen LogP contribution in [0.4, 0.5) is 0 Å². The number of carbonyl (C=O) groups is 2. The van der Waals surface area contributed by atoms with Gasteiger partial charge in [-0.15, -0.1) is 0 Å². The van der Waals surface area contributed by atoms with Crippen LogP contribution in [0, 0.1) is 5.92 Å². The van der Waals surface area contributed by atoms with Crippen LogP contribution in [0.2, 0.25) is 0 Å². The Morgan fingerprint density at radius 3 is 2.50 bits per heavy atom. The van der Waals surface area contributed by atoms with E-state index in [1.807, 2.05) is 6.92 Å². The minimum atomic E-state index is -1.28. The standard InChI is InChI=1S/C12H24N2O4/c1-3-5-9(6-7-15)8-14-11(16)10(13)12(17)18-4-2/h9-10,15H,3-8,13H2,1-2H3,(H,14,16). The van der Waals surface area contributed by atoms with Gasteiger partial charge in [-0.05, 0) is 25.7 Å². The van der Waals surface area contributed by atoms with E-state index in [0.717, 1.165) is 12.8 Å². The van der Waals surface area contributed by atoms with Crippen molar-refractivity contribution in [1.29, 1.82) is 0 Å². The number of nitrogens with two attached hydrogens (primary N) is 1. The number of hydrogen-bond donors (Lipinski definition) is 3. The first kappa shape index (κ1) is 16.9. The molecule has 4 N–H and O–H groups in total. The van der Waals surface area contributed by atoms with Crippen molar-refractivity contribution in [3.8, 4) is 0 Å². The average Bonchev–Trinajstić information content (AvgIpc) is 2.35. The highest BCUT2D eigenvalue weighted by molar-refractivity contribution is 6.01. The van der Waals surface area contributed by atoms with Gasteiger partial charge in [-0.3, -0.25) is 4.79 Å². The summed E-state index contributed by atoms with van der Waals surface area (Å²) in [4.78, 5) is 22.8. The third-order valence-electron chi connectivity index (χ3n) is 2.62. The summed E-state index contributed by atoms with van der Waals surface area (Å²) in [6, 6.07) is -1.28. The lowest BCUT2D eigenvalue weighted by Crippen LogP contribution is -2.48. The van der Waals surface area contributed by atoms with E-state index in [9.17, 15) is 9.59 Å². The van der Waals surface area contributed by atoms with Crippen LogP contribution in [0.5, 0.6) is 0 Å². The molecule has 18 heavy (non-hydrogen) atoms. The predicted octanol–water partition coefficient (Wildman–Crippen LogP) is -0.208. The number of carbonyl (C=O) groups excluding carboxylic acids is 2. The summed E-state index contributed by atoms with van der Waals surface area (Å²) in [7, 11) is 0. The number of rotatable bonds is 9. The van der Waals surface area contributed by atoms with Gasteiger partial charge in [0.1, 0.15) is 0 Å². The van der Waals surface area contributed by atoms with E-state index in [4.69, 9.17) is 10.8 Å². The van der Waals surface area contributed by atoms with Gasteiger partial charge < -0.3 is 20.9 Å². The van der Waals surface area contributed by atoms with Gasteiger partial charge in [0.25, 0.3) is 0 Å². The Labute approximate surface area is 108 Å². The number of aliphatic hydroxyl groups is 1. The Morgan fingerprint density at radius 2 is 2.00 bits per heavy atom. The van der Waals surface area contributed by atoms with Crippen molar-refractivity contribution >= 4 is 11.9 Å². The maximum absolute atomic E-state index is 11.6. The second-order valence-electron chi connectivity index (χ2n) is 4.14. The van der Waals surface area contributed by atoms with E-state index in [2.05, 4.69) is 10.1 Å². The quantitative estimate of drug-likeness (QED) is 0.393. The van der Waals surface area contributed by atoms with E-state index in [0.29, 0.717) is 13.0 Å². The first-order valence-corrected chi connectivity index (χ1v) is 6.37. The summed E-state index contributed by atoms with van der Waals surface area (Å²) in [6.45, 7) is 4.39. The molecule has 0 bridgehead atoms. The monoisotopic (exact) mass is 260 g/mol. The number of hydrogen-bond acceptors (Lipinski definition) is 5. The third kappa shape index (κ3) is 6.56. The van der Waals surface area contributed by atoms with Crippen molar-refractivity contribution in [2.45, 2.75) is 39.2 Å². The summed E-state index contributed by atoms with van der Waals surface area (Å²) in [5.74, 6) is -1.05. The van der Waals surface area contributed by atoms with Crippen LogP contribution in [-0.2, 0) is 14.3 Å². The Balaban J connectivity index is 4.09. The topological polar surface area (TPSA) is 102 Å². The molecule has 1 amide bonds. The molecule has 0 spiro atoms. The van der Waals surface area contributed by atoms with E-state index < -0.39 is 17.9 Å². The summed E-state index contributed by atoms with van der Waals surface area (Å²) in [5, 5.41) is 11.5. The van der Waals surface area contributed by atoms with E-state index in [1.54, 1.807) is 6.92 Å². The lowest BCUT2D eigenvalue weighted by molar-refractivity contribution is -0.148. The predicted molar refractivity (Wildman–Crippen MR) is 67.7 cm³/mol. The summed E-state index contributed by atoms with van der Waals surface area (Å²) in [6.07, 6.45) is 2.52. The van der Waals surface area contributed by atoms with E-state index in [-0.39, 0.29) is 19.1 Å². The molecule has 2 unspecified atom stereocenters. The first-order chi connectivity index (χ1) is 8.56. The van der Waals surface area contributed by atoms with Crippen molar-refractivity contribution in [3.63, 3.8) is 0 Å². The zero-order chi connectivity index (χ0) is 14.0. The maximum Gasteiger partial charge on any atom is 0.332 e. The highest BCUT2D eigenvalue weighted by Crippen LogP contribution is 2.09. The average molecular weight is 260 g/mol. The highest BCUT2D eigenvalue weighted by atomic mass is 16.5. The Hall–Kier alpha value is -1.14. The van der Waals surface area contributed by atoms with Gasteiger partial charge in [0.15, 0.2) is 6.04 Å². The highest BCUT2D eigenvalue weighted by Gasteiger charge is 2.23. The fourth-order valence-electron chi connectivity index (χ4n) is 1.63. The minimum Gasteiger partial charge on any atom is -0.464 e. The molecule has 0 aromatic heterocycles. The van der Waals surface area contributed by atoms with Crippen molar-refractivity contribution in [3.05, 3.63) is 0 Å². The normalized spacial score (nSPS) is 13.8. The molecule has 0 aliphatic carbocycles. The van der Waals surface area contributed by atoms with Crippen molar-refractivity contribution in [1.82, 2.24) is 5.32 Å². The molecule has 0 saturated carbocycles. The van der Waals surface area contributed by atoms with E-state index >= 15 is 0 Å². The van der Waals surface area contributed by atoms with Crippen molar-refractivity contribution < 1.29 is 19.4 Å². The number of esters is 1. The van der Waals surface area contributed by atoms with Gasteiger partial charge in [-0.1, -0.05) is 13.3 Å². The minimum absolute atomic E-state index is 0.0878. The number of amides is 1. The Morgan fingerprint density at radius 1 is 1.33 bits per heavy atom. The van der Waals surface area contributed by atoms with E-state index in [1.165, 1.54) is 0 Å². The third-order valence-corrected chi connectivity index (χ3v) is 2.62. The van der Waals surface area contributed by atoms with Crippen LogP contribution >= 0.6 is 0 Å².